The molecule has 2 amide bonds. The van der Waals surface area contributed by atoms with Crippen LogP contribution in [0.1, 0.15) is 60.6 Å². The predicted octanol–water partition coefficient (Wildman–Crippen LogP) is 5.16. The highest BCUT2D eigenvalue weighted by Gasteiger charge is 2.33. The van der Waals surface area contributed by atoms with Crippen LogP contribution in [0.15, 0.2) is 47.0 Å². The van der Waals surface area contributed by atoms with Gasteiger partial charge in [0.15, 0.2) is 6.10 Å². The van der Waals surface area contributed by atoms with Gasteiger partial charge in [0.05, 0.1) is 17.9 Å². The van der Waals surface area contributed by atoms with Crippen LogP contribution in [0.5, 0.6) is 5.75 Å². The zero-order valence-corrected chi connectivity index (χ0v) is 19.9. The number of carbonyl (C=O) groups is 2. The number of nitrogens with one attached hydrogen (secondary N) is 1. The first kappa shape index (κ1) is 22.6. The second-order valence-electron chi connectivity index (χ2n) is 9.45. The van der Waals surface area contributed by atoms with Crippen LogP contribution >= 0.6 is 0 Å². The van der Waals surface area contributed by atoms with E-state index in [2.05, 4.69) is 31.2 Å². The molecule has 2 aromatic carbocycles. The molecule has 1 aliphatic heterocycles. The predicted molar refractivity (Wildman–Crippen MR) is 127 cm³/mol. The van der Waals surface area contributed by atoms with E-state index in [0.717, 1.165) is 16.8 Å². The summed E-state index contributed by atoms with van der Waals surface area (Å²) in [6, 6.07) is 12.9. The number of hydrogen-bond donors (Lipinski definition) is 1. The van der Waals surface area contributed by atoms with E-state index in [1.165, 1.54) is 0 Å². The van der Waals surface area contributed by atoms with E-state index < -0.39 is 6.10 Å². The van der Waals surface area contributed by atoms with Crippen molar-refractivity contribution in [3.63, 3.8) is 0 Å². The van der Waals surface area contributed by atoms with E-state index in [-0.39, 0.29) is 17.2 Å². The van der Waals surface area contributed by atoms with Gasteiger partial charge in [0.25, 0.3) is 11.8 Å². The fourth-order valence-electron chi connectivity index (χ4n) is 3.86. The molecule has 0 saturated carbocycles. The molecule has 0 fully saturated rings. The summed E-state index contributed by atoms with van der Waals surface area (Å²) in [4.78, 5) is 27.5. The number of anilines is 2. The first-order valence-electron chi connectivity index (χ1n) is 11.0. The van der Waals surface area contributed by atoms with Gasteiger partial charge in [0.2, 0.25) is 0 Å². The molecule has 2 heterocycles. The molecule has 0 radical (unpaired) electrons. The van der Waals surface area contributed by atoms with E-state index in [4.69, 9.17) is 9.26 Å². The molecule has 0 bridgehead atoms. The van der Waals surface area contributed by atoms with Gasteiger partial charge in [-0.05, 0) is 62.1 Å². The van der Waals surface area contributed by atoms with Gasteiger partial charge in [0, 0.05) is 16.8 Å². The van der Waals surface area contributed by atoms with Crippen LogP contribution < -0.4 is 15.0 Å². The molecular weight excluding hydrogens is 418 g/mol. The summed E-state index contributed by atoms with van der Waals surface area (Å²) < 4.78 is 11.1. The summed E-state index contributed by atoms with van der Waals surface area (Å²) in [5, 5.41) is 6.92. The number of rotatable bonds is 4. The number of hydrogen-bond acceptors (Lipinski definition) is 5. The summed E-state index contributed by atoms with van der Waals surface area (Å²) in [6.45, 7) is 12.1. The zero-order valence-electron chi connectivity index (χ0n) is 19.9. The van der Waals surface area contributed by atoms with Gasteiger partial charge in [-0.2, -0.15) is 0 Å². The second kappa shape index (κ2) is 8.39. The number of ether oxygens (including phenoxy) is 1. The van der Waals surface area contributed by atoms with Crippen LogP contribution in [0.25, 0.3) is 0 Å². The minimum absolute atomic E-state index is 0.0157. The van der Waals surface area contributed by atoms with Gasteiger partial charge in [-0.25, -0.2) is 0 Å². The molecule has 0 spiro atoms. The second-order valence-corrected chi connectivity index (χ2v) is 9.45. The number of amides is 2. The molecule has 1 unspecified atom stereocenters. The number of carbonyl (C=O) groups excluding carboxylic acids is 2. The Kier molecular flexibility index (Phi) is 5.74. The highest BCUT2D eigenvalue weighted by atomic mass is 16.5. The lowest BCUT2D eigenvalue weighted by atomic mass is 9.87. The Balaban J connectivity index is 1.60. The largest absolute Gasteiger partial charge is 0.479 e. The third kappa shape index (κ3) is 4.49. The van der Waals surface area contributed by atoms with Crippen molar-refractivity contribution in [2.45, 2.75) is 59.6 Å². The van der Waals surface area contributed by atoms with E-state index in [1.807, 2.05) is 38.1 Å². The Hall–Kier alpha value is -3.61. The van der Waals surface area contributed by atoms with Gasteiger partial charge >= 0.3 is 0 Å². The fourth-order valence-corrected chi connectivity index (χ4v) is 3.86. The molecule has 4 rings (SSSR count). The fraction of sp³-hybridized carbons (Fsp3) is 0.346. The molecule has 7 heteroatoms. The van der Waals surface area contributed by atoms with Crippen molar-refractivity contribution in [3.05, 3.63) is 70.6 Å². The number of aryl methyl sites for hydroxylation is 2. The number of benzene rings is 2. The van der Waals surface area contributed by atoms with E-state index in [9.17, 15) is 9.59 Å². The first-order valence-corrected chi connectivity index (χ1v) is 11.0. The summed E-state index contributed by atoms with van der Waals surface area (Å²) in [7, 11) is 0. The van der Waals surface area contributed by atoms with Crippen molar-refractivity contribution >= 4 is 23.2 Å². The quantitative estimate of drug-likeness (QED) is 0.597. The lowest BCUT2D eigenvalue weighted by molar-refractivity contribution is -0.125. The Bertz CT molecular complexity index is 1190. The van der Waals surface area contributed by atoms with Gasteiger partial charge in [-0.1, -0.05) is 38.1 Å². The van der Waals surface area contributed by atoms with Gasteiger partial charge < -0.3 is 19.5 Å². The third-order valence-corrected chi connectivity index (χ3v) is 5.94. The normalized spacial score (nSPS) is 15.8. The van der Waals surface area contributed by atoms with E-state index in [0.29, 0.717) is 35.0 Å². The third-order valence-electron chi connectivity index (χ3n) is 5.94. The maximum Gasteiger partial charge on any atom is 0.268 e. The lowest BCUT2D eigenvalue weighted by Crippen LogP contribution is -2.44. The monoisotopic (exact) mass is 447 g/mol. The van der Waals surface area contributed by atoms with Crippen molar-refractivity contribution in [1.82, 2.24) is 5.16 Å². The van der Waals surface area contributed by atoms with Crippen LogP contribution in [0.4, 0.5) is 11.4 Å². The number of fused-ring (bicyclic) bond motifs is 1. The molecule has 1 N–H and O–H groups in total. The Morgan fingerprint density at radius 3 is 2.42 bits per heavy atom. The molecule has 33 heavy (non-hydrogen) atoms. The molecule has 1 aromatic heterocycles. The zero-order chi connectivity index (χ0) is 23.9. The van der Waals surface area contributed by atoms with Crippen molar-refractivity contribution in [2.75, 3.05) is 10.2 Å². The van der Waals surface area contributed by atoms with Gasteiger partial charge in [-0.3, -0.25) is 9.59 Å². The van der Waals surface area contributed by atoms with Gasteiger partial charge in [-0.15, -0.1) is 0 Å². The van der Waals surface area contributed by atoms with Crippen LogP contribution in [0.2, 0.25) is 0 Å². The first-order chi connectivity index (χ1) is 15.5. The minimum Gasteiger partial charge on any atom is -0.479 e. The molecule has 172 valence electrons. The SMILES string of the molecule is Cc1noc(C)c1CN1C(=O)C(C)Oc2ccc(NC(=O)c3ccc(C(C)(C)C)cc3)cc21. The maximum atomic E-state index is 13.0. The molecular formula is C26H29N3O4. The van der Waals surface area contributed by atoms with Crippen molar-refractivity contribution < 1.29 is 18.8 Å². The number of aromatic nitrogens is 1. The standard InChI is InChI=1S/C26H29N3O4/c1-15-21(16(2)33-28-15)14-29-22-13-20(11-12-23(22)32-17(3)25(29)31)27-24(30)18-7-9-19(10-8-18)26(4,5)6/h7-13,17H,14H2,1-6H3,(H,27,30). The summed E-state index contributed by atoms with van der Waals surface area (Å²) in [5.74, 6) is 0.874. The van der Waals surface area contributed by atoms with Crippen LogP contribution in [-0.2, 0) is 16.8 Å². The van der Waals surface area contributed by atoms with Crippen LogP contribution in [0.3, 0.4) is 0 Å². The lowest BCUT2D eigenvalue weighted by Gasteiger charge is -2.33. The molecule has 1 aliphatic rings. The van der Waals surface area contributed by atoms with E-state index in [1.54, 1.807) is 30.0 Å². The summed E-state index contributed by atoms with van der Waals surface area (Å²) >= 11 is 0. The Labute approximate surface area is 193 Å². The van der Waals surface area contributed by atoms with Gasteiger partial charge in [0.1, 0.15) is 11.5 Å². The Morgan fingerprint density at radius 1 is 1.12 bits per heavy atom. The van der Waals surface area contributed by atoms with Crippen molar-refractivity contribution in [3.8, 4) is 5.75 Å². The molecule has 7 nitrogen and oxygen atoms in total. The molecule has 0 saturated heterocycles. The number of nitrogens with zero attached hydrogens (tertiary/aromatic N) is 2. The summed E-state index contributed by atoms with van der Waals surface area (Å²) in [5.41, 5.74) is 4.51. The average molecular weight is 448 g/mol. The van der Waals surface area contributed by atoms with Crippen LogP contribution in [0, 0.1) is 13.8 Å². The minimum atomic E-state index is -0.611. The molecule has 3 aromatic rings. The highest BCUT2D eigenvalue weighted by Crippen LogP contribution is 2.38. The summed E-state index contributed by atoms with van der Waals surface area (Å²) in [6.07, 6.45) is -0.611. The van der Waals surface area contributed by atoms with Crippen molar-refractivity contribution in [2.24, 2.45) is 0 Å². The maximum absolute atomic E-state index is 13.0. The molecule has 1 atom stereocenters. The highest BCUT2D eigenvalue weighted by molar-refractivity contribution is 6.05. The van der Waals surface area contributed by atoms with E-state index >= 15 is 0 Å². The average Bonchev–Trinajstić information content (AvgIpc) is 3.08. The molecule has 0 aliphatic carbocycles. The van der Waals surface area contributed by atoms with Crippen molar-refractivity contribution in [1.29, 1.82) is 0 Å². The Morgan fingerprint density at radius 2 is 1.82 bits per heavy atom. The smallest absolute Gasteiger partial charge is 0.268 e. The van der Waals surface area contributed by atoms with Crippen LogP contribution in [-0.4, -0.2) is 23.1 Å². The topological polar surface area (TPSA) is 84.7 Å².